The number of benzene rings is 1. The van der Waals surface area contributed by atoms with Gasteiger partial charge in [0.2, 0.25) is 0 Å². The molecule has 1 heterocycles. The Bertz CT molecular complexity index is 524. The summed E-state index contributed by atoms with van der Waals surface area (Å²) in [4.78, 5) is 0. The summed E-state index contributed by atoms with van der Waals surface area (Å²) < 4.78 is 7.12. The molecule has 20 heavy (non-hydrogen) atoms. The Morgan fingerprint density at radius 2 is 2.10 bits per heavy atom. The van der Waals surface area contributed by atoms with Crippen molar-refractivity contribution in [1.29, 1.82) is 0 Å². The number of hydrogen-bond acceptors (Lipinski definition) is 5. The topological polar surface area (TPSA) is 86.2 Å². The van der Waals surface area contributed by atoms with Gasteiger partial charge in [-0.1, -0.05) is 12.1 Å². The Morgan fingerprint density at radius 1 is 1.35 bits per heavy atom. The van der Waals surface area contributed by atoms with Crippen LogP contribution in [-0.2, 0) is 6.54 Å². The molecule has 0 saturated carbocycles. The van der Waals surface area contributed by atoms with Crippen molar-refractivity contribution < 1.29 is 9.84 Å². The fourth-order valence-electron chi connectivity index (χ4n) is 1.75. The van der Waals surface area contributed by atoms with E-state index in [0.29, 0.717) is 13.2 Å². The van der Waals surface area contributed by atoms with E-state index < -0.39 is 6.10 Å². The molecule has 0 fully saturated rings. The molecule has 0 unspecified atom stereocenters. The van der Waals surface area contributed by atoms with Crippen molar-refractivity contribution in [2.75, 3.05) is 13.2 Å². The van der Waals surface area contributed by atoms with Gasteiger partial charge in [-0.2, -0.15) is 0 Å². The predicted molar refractivity (Wildman–Crippen MR) is 76.3 cm³/mol. The molecule has 0 bridgehead atoms. The van der Waals surface area contributed by atoms with Gasteiger partial charge in [0.25, 0.3) is 0 Å². The van der Waals surface area contributed by atoms with Gasteiger partial charge in [0, 0.05) is 12.1 Å². The maximum Gasteiger partial charge on any atom is 0.119 e. The number of nitrogens with two attached hydrogens (primary N) is 1. The van der Waals surface area contributed by atoms with E-state index in [4.69, 9.17) is 10.5 Å². The maximum atomic E-state index is 9.48. The van der Waals surface area contributed by atoms with Gasteiger partial charge in [-0.25, -0.2) is 4.68 Å². The van der Waals surface area contributed by atoms with Crippen LogP contribution in [0.2, 0.25) is 0 Å². The summed E-state index contributed by atoms with van der Waals surface area (Å²) >= 11 is 0. The second-order valence-electron chi connectivity index (χ2n) is 4.59. The SMILES string of the molecule is CCCOc1ccc(-c2cn(C[C@H](O)CN)nn2)cc1. The molecule has 0 spiro atoms. The Balaban J connectivity index is 2.04. The minimum atomic E-state index is -0.602. The third-order valence-electron chi connectivity index (χ3n) is 2.83. The minimum Gasteiger partial charge on any atom is -0.494 e. The van der Waals surface area contributed by atoms with Crippen molar-refractivity contribution in [1.82, 2.24) is 15.0 Å². The zero-order chi connectivity index (χ0) is 14.4. The molecule has 0 aliphatic rings. The molecule has 1 aromatic carbocycles. The van der Waals surface area contributed by atoms with Crippen molar-refractivity contribution in [2.24, 2.45) is 5.73 Å². The largest absolute Gasteiger partial charge is 0.494 e. The first-order valence-corrected chi connectivity index (χ1v) is 6.74. The number of aromatic nitrogens is 3. The van der Waals surface area contributed by atoms with Crippen molar-refractivity contribution in [3.63, 3.8) is 0 Å². The van der Waals surface area contributed by atoms with Gasteiger partial charge in [-0.05, 0) is 30.7 Å². The molecule has 3 N–H and O–H groups in total. The van der Waals surface area contributed by atoms with Gasteiger partial charge in [-0.3, -0.25) is 0 Å². The monoisotopic (exact) mass is 276 g/mol. The van der Waals surface area contributed by atoms with E-state index in [0.717, 1.165) is 23.4 Å². The van der Waals surface area contributed by atoms with E-state index >= 15 is 0 Å². The average Bonchev–Trinajstić information content (AvgIpc) is 2.94. The number of nitrogens with zero attached hydrogens (tertiary/aromatic N) is 3. The molecule has 2 aromatic rings. The highest BCUT2D eigenvalue weighted by molar-refractivity contribution is 5.58. The van der Waals surface area contributed by atoms with Crippen molar-refractivity contribution in [2.45, 2.75) is 26.0 Å². The van der Waals surface area contributed by atoms with E-state index in [2.05, 4.69) is 17.2 Å². The van der Waals surface area contributed by atoms with E-state index in [1.165, 1.54) is 0 Å². The quantitative estimate of drug-likeness (QED) is 0.789. The summed E-state index contributed by atoms with van der Waals surface area (Å²) in [7, 11) is 0. The lowest BCUT2D eigenvalue weighted by Crippen LogP contribution is -2.25. The van der Waals surface area contributed by atoms with Crippen LogP contribution in [0.5, 0.6) is 5.75 Å². The summed E-state index contributed by atoms with van der Waals surface area (Å²) in [5.74, 6) is 0.849. The molecule has 108 valence electrons. The van der Waals surface area contributed by atoms with E-state index in [1.807, 2.05) is 24.3 Å². The normalized spacial score (nSPS) is 12.3. The molecular weight excluding hydrogens is 256 g/mol. The second kappa shape index (κ2) is 7.02. The highest BCUT2D eigenvalue weighted by atomic mass is 16.5. The van der Waals surface area contributed by atoms with Gasteiger partial charge in [0.1, 0.15) is 11.4 Å². The standard InChI is InChI=1S/C14H20N4O2/c1-2-7-20-13-5-3-11(4-6-13)14-10-18(17-16-14)9-12(19)8-15/h3-6,10,12,19H,2,7-9,15H2,1H3/t12-/m1/s1. The Labute approximate surface area is 118 Å². The molecule has 6 nitrogen and oxygen atoms in total. The van der Waals surface area contributed by atoms with Crippen LogP contribution in [0.1, 0.15) is 13.3 Å². The van der Waals surface area contributed by atoms with Crippen LogP contribution in [-0.4, -0.2) is 39.4 Å². The van der Waals surface area contributed by atoms with E-state index in [1.54, 1.807) is 10.9 Å². The van der Waals surface area contributed by atoms with Crippen molar-refractivity contribution in [3.8, 4) is 17.0 Å². The first kappa shape index (κ1) is 14.5. The molecule has 0 aliphatic heterocycles. The number of ether oxygens (including phenoxy) is 1. The van der Waals surface area contributed by atoms with Crippen LogP contribution >= 0.6 is 0 Å². The van der Waals surface area contributed by atoms with Crippen LogP contribution in [0.15, 0.2) is 30.5 Å². The fraction of sp³-hybridized carbons (Fsp3) is 0.429. The van der Waals surface area contributed by atoms with E-state index in [-0.39, 0.29) is 6.54 Å². The third-order valence-corrected chi connectivity index (χ3v) is 2.83. The molecule has 1 aromatic heterocycles. The Hall–Kier alpha value is -1.92. The molecular formula is C14H20N4O2. The third kappa shape index (κ3) is 3.79. The van der Waals surface area contributed by atoms with Gasteiger partial charge in [0.05, 0.1) is 25.5 Å². The molecule has 6 heteroatoms. The van der Waals surface area contributed by atoms with Gasteiger partial charge < -0.3 is 15.6 Å². The summed E-state index contributed by atoms with van der Waals surface area (Å²) in [5.41, 5.74) is 7.09. The van der Waals surface area contributed by atoms with Crippen LogP contribution in [0, 0.1) is 0 Å². The minimum absolute atomic E-state index is 0.207. The smallest absolute Gasteiger partial charge is 0.119 e. The van der Waals surface area contributed by atoms with E-state index in [9.17, 15) is 5.11 Å². The summed E-state index contributed by atoms with van der Waals surface area (Å²) in [6.07, 6.45) is 2.18. The van der Waals surface area contributed by atoms with Gasteiger partial charge >= 0.3 is 0 Å². The summed E-state index contributed by atoms with van der Waals surface area (Å²) in [6.45, 7) is 3.34. The van der Waals surface area contributed by atoms with Crippen LogP contribution in [0.3, 0.4) is 0 Å². The van der Waals surface area contributed by atoms with Crippen LogP contribution < -0.4 is 10.5 Å². The van der Waals surface area contributed by atoms with Crippen LogP contribution in [0.25, 0.3) is 11.3 Å². The second-order valence-corrected chi connectivity index (χ2v) is 4.59. The molecule has 1 atom stereocenters. The summed E-state index contributed by atoms with van der Waals surface area (Å²) in [5, 5.41) is 17.5. The number of aliphatic hydroxyl groups is 1. The molecule has 0 amide bonds. The number of rotatable bonds is 7. The highest BCUT2D eigenvalue weighted by Crippen LogP contribution is 2.20. The first-order valence-electron chi connectivity index (χ1n) is 6.74. The highest BCUT2D eigenvalue weighted by Gasteiger charge is 2.07. The first-order chi connectivity index (χ1) is 9.72. The Morgan fingerprint density at radius 3 is 2.75 bits per heavy atom. The molecule has 0 aliphatic carbocycles. The summed E-state index contributed by atoms with van der Waals surface area (Å²) in [6, 6.07) is 7.72. The predicted octanol–water partition coefficient (Wildman–Crippen LogP) is 1.05. The average molecular weight is 276 g/mol. The Kier molecular flexibility index (Phi) is 5.09. The molecule has 2 rings (SSSR count). The van der Waals surface area contributed by atoms with Gasteiger partial charge in [-0.15, -0.1) is 5.10 Å². The lowest BCUT2D eigenvalue weighted by molar-refractivity contribution is 0.156. The number of hydrogen-bond donors (Lipinski definition) is 2. The molecule has 0 saturated heterocycles. The fourth-order valence-corrected chi connectivity index (χ4v) is 1.75. The number of aliphatic hydroxyl groups excluding tert-OH is 1. The van der Waals surface area contributed by atoms with Crippen molar-refractivity contribution >= 4 is 0 Å². The zero-order valence-electron chi connectivity index (χ0n) is 11.6. The van der Waals surface area contributed by atoms with Crippen molar-refractivity contribution in [3.05, 3.63) is 30.5 Å². The maximum absolute atomic E-state index is 9.48. The molecule has 0 radical (unpaired) electrons. The van der Waals surface area contributed by atoms with Crippen LogP contribution in [0.4, 0.5) is 0 Å². The zero-order valence-corrected chi connectivity index (χ0v) is 11.6. The van der Waals surface area contributed by atoms with Gasteiger partial charge in [0.15, 0.2) is 0 Å². The lowest BCUT2D eigenvalue weighted by Gasteiger charge is -2.05. The lowest BCUT2D eigenvalue weighted by atomic mass is 10.1.